The zero-order valence-corrected chi connectivity index (χ0v) is 8.32. The van der Waals surface area contributed by atoms with Crippen molar-refractivity contribution in [2.24, 2.45) is 5.92 Å². The quantitative estimate of drug-likeness (QED) is 0.788. The molecule has 2 unspecified atom stereocenters. The van der Waals surface area contributed by atoms with Crippen molar-refractivity contribution in [3.05, 3.63) is 24.2 Å². The molecular formula is C11H15NO2. The van der Waals surface area contributed by atoms with Crippen LogP contribution in [0.2, 0.25) is 0 Å². The van der Waals surface area contributed by atoms with Crippen LogP contribution in [0.15, 0.2) is 22.8 Å². The summed E-state index contributed by atoms with van der Waals surface area (Å²) in [5.74, 6) is 1.23. The van der Waals surface area contributed by atoms with Gasteiger partial charge in [-0.1, -0.05) is 0 Å². The molecule has 2 heterocycles. The molecule has 76 valence electrons. The number of hydrogen-bond acceptors (Lipinski definition) is 3. The molecule has 1 aromatic heterocycles. The van der Waals surface area contributed by atoms with Gasteiger partial charge in [0.2, 0.25) is 0 Å². The zero-order valence-electron chi connectivity index (χ0n) is 8.32. The Hall–Kier alpha value is -1.09. The van der Waals surface area contributed by atoms with Gasteiger partial charge in [-0.3, -0.25) is 4.79 Å². The van der Waals surface area contributed by atoms with E-state index in [1.807, 2.05) is 12.1 Å². The Morgan fingerprint density at radius 1 is 1.71 bits per heavy atom. The maximum absolute atomic E-state index is 11.8. The van der Waals surface area contributed by atoms with Crippen LogP contribution in [0.5, 0.6) is 0 Å². The molecule has 1 aliphatic rings. The molecule has 0 bridgehead atoms. The minimum atomic E-state index is 0.167. The second kappa shape index (κ2) is 3.96. The van der Waals surface area contributed by atoms with Crippen LogP contribution in [0.4, 0.5) is 0 Å². The molecular weight excluding hydrogens is 178 g/mol. The molecule has 1 fully saturated rings. The topological polar surface area (TPSA) is 42.2 Å². The van der Waals surface area contributed by atoms with Gasteiger partial charge in [-0.25, -0.2) is 0 Å². The molecule has 0 aromatic carbocycles. The summed E-state index contributed by atoms with van der Waals surface area (Å²) >= 11 is 0. The number of furan rings is 1. The lowest BCUT2D eigenvalue weighted by molar-refractivity contribution is -0.122. The van der Waals surface area contributed by atoms with Crippen molar-refractivity contribution in [2.45, 2.75) is 25.8 Å². The van der Waals surface area contributed by atoms with E-state index in [1.165, 1.54) is 0 Å². The van der Waals surface area contributed by atoms with Crippen LogP contribution < -0.4 is 5.32 Å². The van der Waals surface area contributed by atoms with Crippen molar-refractivity contribution in [1.82, 2.24) is 5.32 Å². The van der Waals surface area contributed by atoms with E-state index in [1.54, 1.807) is 6.26 Å². The van der Waals surface area contributed by atoms with Crippen LogP contribution in [0.1, 0.15) is 19.1 Å². The van der Waals surface area contributed by atoms with Crippen molar-refractivity contribution in [3.8, 4) is 0 Å². The molecule has 1 saturated heterocycles. The van der Waals surface area contributed by atoms with Gasteiger partial charge >= 0.3 is 0 Å². The van der Waals surface area contributed by atoms with E-state index >= 15 is 0 Å². The number of hydrogen-bond donors (Lipinski definition) is 1. The average Bonchev–Trinajstić information content (AvgIpc) is 2.75. The minimum Gasteiger partial charge on any atom is -0.469 e. The molecule has 3 heteroatoms. The Morgan fingerprint density at radius 2 is 2.57 bits per heavy atom. The standard InChI is InChI=1S/C11H15NO2/c1-8-10(4-5-12-8)11(13)7-9-3-2-6-14-9/h2-3,6,8,10,12H,4-5,7H2,1H3. The largest absolute Gasteiger partial charge is 0.469 e. The molecule has 1 aliphatic heterocycles. The van der Waals surface area contributed by atoms with E-state index in [9.17, 15) is 4.79 Å². The van der Waals surface area contributed by atoms with E-state index in [0.29, 0.717) is 12.5 Å². The number of nitrogens with one attached hydrogen (secondary N) is 1. The molecule has 1 aromatic rings. The van der Waals surface area contributed by atoms with Gasteiger partial charge in [0.1, 0.15) is 11.5 Å². The molecule has 2 atom stereocenters. The summed E-state index contributed by atoms with van der Waals surface area (Å²) in [5, 5.41) is 3.28. The Morgan fingerprint density at radius 3 is 3.14 bits per heavy atom. The van der Waals surface area contributed by atoms with Gasteiger partial charge in [0, 0.05) is 12.0 Å². The molecule has 3 nitrogen and oxygen atoms in total. The Labute approximate surface area is 83.5 Å². The monoisotopic (exact) mass is 193 g/mol. The highest BCUT2D eigenvalue weighted by molar-refractivity contribution is 5.83. The fourth-order valence-corrected chi connectivity index (χ4v) is 2.01. The third-order valence-corrected chi connectivity index (χ3v) is 2.87. The van der Waals surface area contributed by atoms with Gasteiger partial charge in [0.25, 0.3) is 0 Å². The van der Waals surface area contributed by atoms with E-state index < -0.39 is 0 Å². The Bertz CT molecular complexity index is 305. The summed E-state index contributed by atoms with van der Waals surface area (Å²) < 4.78 is 5.16. The fourth-order valence-electron chi connectivity index (χ4n) is 2.01. The summed E-state index contributed by atoms with van der Waals surface area (Å²) in [6.07, 6.45) is 3.00. The second-order valence-corrected chi connectivity index (χ2v) is 3.86. The van der Waals surface area contributed by atoms with Gasteiger partial charge in [-0.2, -0.15) is 0 Å². The Balaban J connectivity index is 1.95. The first-order chi connectivity index (χ1) is 6.77. The molecule has 2 rings (SSSR count). The third kappa shape index (κ3) is 1.87. The highest BCUT2D eigenvalue weighted by Gasteiger charge is 2.29. The summed E-state index contributed by atoms with van der Waals surface area (Å²) in [6, 6.07) is 3.99. The molecule has 0 saturated carbocycles. The maximum Gasteiger partial charge on any atom is 0.145 e. The van der Waals surface area contributed by atoms with E-state index in [4.69, 9.17) is 4.42 Å². The molecule has 0 spiro atoms. The second-order valence-electron chi connectivity index (χ2n) is 3.86. The molecule has 0 aliphatic carbocycles. The van der Waals surface area contributed by atoms with Gasteiger partial charge in [0.05, 0.1) is 12.7 Å². The SMILES string of the molecule is CC1NCCC1C(=O)Cc1ccco1. The number of carbonyl (C=O) groups is 1. The zero-order chi connectivity index (χ0) is 9.97. The van der Waals surface area contributed by atoms with E-state index in [2.05, 4.69) is 12.2 Å². The smallest absolute Gasteiger partial charge is 0.145 e. The van der Waals surface area contributed by atoms with Crippen LogP contribution in [0, 0.1) is 5.92 Å². The van der Waals surface area contributed by atoms with Crippen molar-refractivity contribution < 1.29 is 9.21 Å². The lowest BCUT2D eigenvalue weighted by Gasteiger charge is -2.12. The third-order valence-electron chi connectivity index (χ3n) is 2.87. The highest BCUT2D eigenvalue weighted by Crippen LogP contribution is 2.18. The summed E-state index contributed by atoms with van der Waals surface area (Å²) in [4.78, 5) is 11.8. The average molecular weight is 193 g/mol. The van der Waals surface area contributed by atoms with Gasteiger partial charge in [-0.05, 0) is 32.0 Å². The number of rotatable bonds is 3. The van der Waals surface area contributed by atoms with Crippen molar-refractivity contribution >= 4 is 5.78 Å². The molecule has 1 N–H and O–H groups in total. The minimum absolute atomic E-state index is 0.167. The predicted octanol–water partition coefficient (Wildman–Crippen LogP) is 1.39. The first kappa shape index (κ1) is 9.46. The lowest BCUT2D eigenvalue weighted by Crippen LogP contribution is -2.29. The molecule has 0 amide bonds. The van der Waals surface area contributed by atoms with Crippen LogP contribution >= 0.6 is 0 Å². The summed E-state index contributed by atoms with van der Waals surface area (Å²) in [6.45, 7) is 3.02. The summed E-state index contributed by atoms with van der Waals surface area (Å²) in [7, 11) is 0. The van der Waals surface area contributed by atoms with Crippen LogP contribution in [-0.2, 0) is 11.2 Å². The van der Waals surface area contributed by atoms with Gasteiger partial charge < -0.3 is 9.73 Å². The van der Waals surface area contributed by atoms with E-state index in [-0.39, 0.29) is 11.7 Å². The number of ketones is 1. The lowest BCUT2D eigenvalue weighted by atomic mass is 9.94. The predicted molar refractivity (Wildman–Crippen MR) is 53.0 cm³/mol. The highest BCUT2D eigenvalue weighted by atomic mass is 16.3. The number of carbonyl (C=O) groups excluding carboxylic acids is 1. The fraction of sp³-hybridized carbons (Fsp3) is 0.545. The summed E-state index contributed by atoms with van der Waals surface area (Å²) in [5.41, 5.74) is 0. The van der Waals surface area contributed by atoms with Gasteiger partial charge in [0.15, 0.2) is 0 Å². The van der Waals surface area contributed by atoms with Crippen molar-refractivity contribution in [3.63, 3.8) is 0 Å². The molecule has 0 radical (unpaired) electrons. The maximum atomic E-state index is 11.8. The van der Waals surface area contributed by atoms with Crippen molar-refractivity contribution in [2.75, 3.05) is 6.54 Å². The number of Topliss-reactive ketones (excluding diaryl/α,β-unsaturated/α-hetero) is 1. The molecule has 14 heavy (non-hydrogen) atoms. The normalized spacial score (nSPS) is 26.6. The van der Waals surface area contributed by atoms with E-state index in [0.717, 1.165) is 18.7 Å². The van der Waals surface area contributed by atoms with Crippen LogP contribution in [0.3, 0.4) is 0 Å². The first-order valence-corrected chi connectivity index (χ1v) is 5.06. The van der Waals surface area contributed by atoms with Crippen LogP contribution in [0.25, 0.3) is 0 Å². The van der Waals surface area contributed by atoms with Gasteiger partial charge in [-0.15, -0.1) is 0 Å². The van der Waals surface area contributed by atoms with Crippen LogP contribution in [-0.4, -0.2) is 18.4 Å². The first-order valence-electron chi connectivity index (χ1n) is 5.06. The van der Waals surface area contributed by atoms with Crippen molar-refractivity contribution in [1.29, 1.82) is 0 Å². The Kier molecular flexibility index (Phi) is 2.68.